The molecule has 4 rings (SSSR count). The summed E-state index contributed by atoms with van der Waals surface area (Å²) < 4.78 is 8.27. The lowest BCUT2D eigenvalue weighted by Crippen LogP contribution is -2.07. The molecule has 0 aliphatic carbocycles. The number of benzene rings is 1. The molecule has 0 saturated heterocycles. The van der Waals surface area contributed by atoms with Crippen LogP contribution in [0.15, 0.2) is 54.7 Å². The summed E-state index contributed by atoms with van der Waals surface area (Å²) in [7, 11) is 0. The van der Waals surface area contributed by atoms with Crippen molar-refractivity contribution in [2.75, 3.05) is 0 Å². The summed E-state index contributed by atoms with van der Waals surface area (Å²) in [5.74, 6) is 0.372. The highest BCUT2D eigenvalue weighted by Crippen LogP contribution is 2.36. The predicted octanol–water partition coefficient (Wildman–Crippen LogP) is 6.53. The van der Waals surface area contributed by atoms with E-state index in [-0.39, 0.29) is 16.1 Å². The standard InChI is InChI=1S/C17H6Br2Cl3N3O2/c18-7-4-8-13(9(19)5-7)24-16(27-17(8)26)12-6-11(21)14(22)25(12)15-10(20)2-1-3-23-15/h1-6H. The first-order chi connectivity index (χ1) is 12.9. The maximum Gasteiger partial charge on any atom is 0.347 e. The molecule has 0 amide bonds. The highest BCUT2D eigenvalue weighted by atomic mass is 79.9. The number of nitrogens with zero attached hydrogens (tertiary/aromatic N) is 3. The summed E-state index contributed by atoms with van der Waals surface area (Å²) >= 11 is 25.6. The lowest BCUT2D eigenvalue weighted by atomic mass is 10.2. The summed E-state index contributed by atoms with van der Waals surface area (Å²) in [6.45, 7) is 0. The third kappa shape index (κ3) is 3.32. The van der Waals surface area contributed by atoms with Crippen molar-refractivity contribution in [1.82, 2.24) is 14.5 Å². The normalized spacial score (nSPS) is 11.3. The van der Waals surface area contributed by atoms with Crippen LogP contribution in [-0.4, -0.2) is 14.5 Å². The summed E-state index contributed by atoms with van der Waals surface area (Å²) in [4.78, 5) is 21.2. The smallest absolute Gasteiger partial charge is 0.347 e. The molecule has 3 aromatic heterocycles. The molecule has 4 aromatic rings. The Bertz CT molecular complexity index is 1270. The number of rotatable bonds is 2. The van der Waals surface area contributed by atoms with Crippen molar-refractivity contribution < 1.29 is 4.42 Å². The van der Waals surface area contributed by atoms with Crippen LogP contribution in [0.5, 0.6) is 0 Å². The average Bonchev–Trinajstić information content (AvgIpc) is 2.91. The van der Waals surface area contributed by atoms with Gasteiger partial charge in [0.1, 0.15) is 10.8 Å². The molecular weight excluding hydrogens is 544 g/mol. The van der Waals surface area contributed by atoms with E-state index in [1.54, 1.807) is 36.5 Å². The SMILES string of the molecule is O=c1oc(-c2cc(Cl)c(Cl)n2-c2ncccc2Cl)nc2c(Br)cc(Br)cc12. The van der Waals surface area contributed by atoms with Gasteiger partial charge >= 0.3 is 5.63 Å². The Morgan fingerprint density at radius 2 is 1.85 bits per heavy atom. The van der Waals surface area contributed by atoms with Crippen LogP contribution in [0.3, 0.4) is 0 Å². The van der Waals surface area contributed by atoms with E-state index in [0.29, 0.717) is 31.9 Å². The van der Waals surface area contributed by atoms with Gasteiger partial charge in [-0.1, -0.05) is 50.7 Å². The molecule has 5 nitrogen and oxygen atoms in total. The first kappa shape index (κ1) is 19.0. The van der Waals surface area contributed by atoms with Gasteiger partial charge in [0.15, 0.2) is 5.82 Å². The fourth-order valence-electron chi connectivity index (χ4n) is 2.57. The van der Waals surface area contributed by atoms with E-state index in [1.807, 2.05) is 0 Å². The van der Waals surface area contributed by atoms with Crippen molar-refractivity contribution in [3.63, 3.8) is 0 Å². The van der Waals surface area contributed by atoms with Crippen molar-refractivity contribution in [2.45, 2.75) is 0 Å². The van der Waals surface area contributed by atoms with Crippen LogP contribution in [0.25, 0.3) is 28.3 Å². The topological polar surface area (TPSA) is 60.9 Å². The molecule has 0 unspecified atom stereocenters. The van der Waals surface area contributed by atoms with E-state index in [0.717, 1.165) is 4.47 Å². The lowest BCUT2D eigenvalue weighted by molar-refractivity contribution is 0.514. The Morgan fingerprint density at radius 3 is 2.59 bits per heavy atom. The highest BCUT2D eigenvalue weighted by molar-refractivity contribution is 9.11. The van der Waals surface area contributed by atoms with Crippen LogP contribution in [0, 0.1) is 0 Å². The van der Waals surface area contributed by atoms with Crippen molar-refractivity contribution in [3.8, 4) is 17.4 Å². The lowest BCUT2D eigenvalue weighted by Gasteiger charge is -2.10. The molecule has 136 valence electrons. The Morgan fingerprint density at radius 1 is 1.07 bits per heavy atom. The van der Waals surface area contributed by atoms with E-state index in [9.17, 15) is 4.79 Å². The summed E-state index contributed by atoms with van der Waals surface area (Å²) in [6.07, 6.45) is 1.56. The molecule has 0 aliphatic heterocycles. The first-order valence-corrected chi connectivity index (χ1v) is 10.1. The number of aromatic nitrogens is 3. The van der Waals surface area contributed by atoms with Gasteiger partial charge in [0.25, 0.3) is 0 Å². The fourth-order valence-corrected chi connectivity index (χ4v) is 4.51. The maximum atomic E-state index is 12.5. The molecule has 0 saturated carbocycles. The largest absolute Gasteiger partial charge is 0.401 e. The summed E-state index contributed by atoms with van der Waals surface area (Å²) in [5.41, 5.74) is 0.236. The Balaban J connectivity index is 2.05. The zero-order chi connectivity index (χ0) is 19.3. The third-order valence-corrected chi connectivity index (χ3v) is 5.83. The van der Waals surface area contributed by atoms with E-state index in [4.69, 9.17) is 39.2 Å². The number of hydrogen-bond donors (Lipinski definition) is 0. The zero-order valence-electron chi connectivity index (χ0n) is 13.0. The molecule has 1 aromatic carbocycles. The molecule has 3 heterocycles. The van der Waals surface area contributed by atoms with Crippen LogP contribution < -0.4 is 5.63 Å². The molecule has 0 fully saturated rings. The molecule has 27 heavy (non-hydrogen) atoms. The fraction of sp³-hybridized carbons (Fsp3) is 0. The molecule has 0 radical (unpaired) electrons. The zero-order valence-corrected chi connectivity index (χ0v) is 18.5. The van der Waals surface area contributed by atoms with Gasteiger partial charge in [-0.2, -0.15) is 0 Å². The Hall–Kier alpha value is -1.38. The van der Waals surface area contributed by atoms with Crippen molar-refractivity contribution in [3.05, 3.63) is 71.1 Å². The van der Waals surface area contributed by atoms with E-state index >= 15 is 0 Å². The van der Waals surface area contributed by atoms with Gasteiger partial charge in [-0.05, 0) is 46.3 Å². The van der Waals surface area contributed by atoms with E-state index in [1.165, 1.54) is 4.57 Å². The van der Waals surface area contributed by atoms with Crippen molar-refractivity contribution in [1.29, 1.82) is 0 Å². The van der Waals surface area contributed by atoms with Gasteiger partial charge in [-0.3, -0.25) is 4.57 Å². The second-order valence-corrected chi connectivity index (χ2v) is 8.35. The maximum absolute atomic E-state index is 12.5. The van der Waals surface area contributed by atoms with Crippen LogP contribution in [0.1, 0.15) is 0 Å². The minimum Gasteiger partial charge on any atom is -0.401 e. The Labute approximate surface area is 184 Å². The van der Waals surface area contributed by atoms with Gasteiger partial charge in [0, 0.05) is 15.1 Å². The molecule has 0 bridgehead atoms. The van der Waals surface area contributed by atoms with Crippen LogP contribution >= 0.6 is 66.7 Å². The van der Waals surface area contributed by atoms with Gasteiger partial charge in [0.2, 0.25) is 5.89 Å². The minimum absolute atomic E-state index is 0.0334. The van der Waals surface area contributed by atoms with Crippen LogP contribution in [-0.2, 0) is 0 Å². The molecular formula is C17H6Br2Cl3N3O2. The van der Waals surface area contributed by atoms with Gasteiger partial charge in [-0.15, -0.1) is 0 Å². The summed E-state index contributed by atoms with van der Waals surface area (Å²) in [6, 6.07) is 8.31. The molecule has 0 aliphatic rings. The van der Waals surface area contributed by atoms with Crippen molar-refractivity contribution >= 4 is 77.6 Å². The Kier molecular flexibility index (Phi) is 5.07. The second kappa shape index (κ2) is 7.22. The van der Waals surface area contributed by atoms with Gasteiger partial charge in [0.05, 0.1) is 20.9 Å². The molecule has 0 spiro atoms. The quantitative estimate of drug-likeness (QED) is 0.285. The van der Waals surface area contributed by atoms with Gasteiger partial charge in [-0.25, -0.2) is 14.8 Å². The number of fused-ring (bicyclic) bond motifs is 1. The third-order valence-electron chi connectivity index (χ3n) is 3.72. The highest BCUT2D eigenvalue weighted by Gasteiger charge is 2.22. The molecule has 0 N–H and O–H groups in total. The molecule has 10 heteroatoms. The first-order valence-electron chi connectivity index (χ1n) is 7.34. The summed E-state index contributed by atoms with van der Waals surface area (Å²) in [5, 5.41) is 1.09. The van der Waals surface area contributed by atoms with E-state index < -0.39 is 5.63 Å². The number of hydrogen-bond acceptors (Lipinski definition) is 4. The predicted molar refractivity (Wildman–Crippen MR) is 113 cm³/mol. The van der Waals surface area contributed by atoms with Crippen LogP contribution in [0.2, 0.25) is 15.2 Å². The minimum atomic E-state index is -0.552. The van der Waals surface area contributed by atoms with Gasteiger partial charge < -0.3 is 4.42 Å². The number of halogens is 5. The van der Waals surface area contributed by atoms with Crippen LogP contribution in [0.4, 0.5) is 0 Å². The monoisotopic (exact) mass is 547 g/mol. The number of pyridine rings is 1. The molecule has 0 atom stereocenters. The average molecular weight is 550 g/mol. The van der Waals surface area contributed by atoms with Crippen molar-refractivity contribution in [2.24, 2.45) is 0 Å². The second-order valence-electron chi connectivity index (χ2n) is 5.40. The van der Waals surface area contributed by atoms with E-state index in [2.05, 4.69) is 41.8 Å².